The van der Waals surface area contributed by atoms with Crippen molar-refractivity contribution >= 4 is 23.2 Å². The van der Waals surface area contributed by atoms with E-state index in [1.807, 2.05) is 12.1 Å². The van der Waals surface area contributed by atoms with Crippen molar-refractivity contribution in [3.63, 3.8) is 0 Å². The van der Waals surface area contributed by atoms with Crippen molar-refractivity contribution in [2.75, 3.05) is 13.1 Å². The summed E-state index contributed by atoms with van der Waals surface area (Å²) in [7, 11) is 0. The van der Waals surface area contributed by atoms with Crippen LogP contribution in [0.4, 0.5) is 13.2 Å². The van der Waals surface area contributed by atoms with Crippen LogP contribution >= 0.6 is 23.2 Å². The van der Waals surface area contributed by atoms with Gasteiger partial charge in [0.15, 0.2) is 5.69 Å². The second-order valence-electron chi connectivity index (χ2n) is 7.01. The number of hydrogen-bond donors (Lipinski definition) is 2. The lowest BCUT2D eigenvalue weighted by Crippen LogP contribution is -2.27. The highest BCUT2D eigenvalue weighted by molar-refractivity contribution is 6.41. The Kier molecular flexibility index (Phi) is 12.4. The van der Waals surface area contributed by atoms with Gasteiger partial charge in [-0.25, -0.2) is 0 Å². The number of aliphatic hydroxyl groups excluding tert-OH is 1. The first-order chi connectivity index (χ1) is 14.2. The lowest BCUT2D eigenvalue weighted by molar-refractivity contribution is -0.142. The number of aliphatic hydroxyl groups is 1. The van der Waals surface area contributed by atoms with E-state index in [0.717, 1.165) is 38.8 Å². The molecule has 1 unspecified atom stereocenters. The molecular weight excluding hydrogens is 438 g/mol. The molecule has 0 saturated heterocycles. The molecule has 0 bridgehead atoms. The summed E-state index contributed by atoms with van der Waals surface area (Å²) in [4.78, 5) is 0. The molecule has 1 atom stereocenters. The van der Waals surface area contributed by atoms with Gasteiger partial charge in [0.25, 0.3) is 0 Å². The quantitative estimate of drug-likeness (QED) is 0.409. The van der Waals surface area contributed by atoms with Gasteiger partial charge >= 0.3 is 6.18 Å². The fraction of sp³-hybridized carbons (Fsp3) is 0.571. The second-order valence-corrected chi connectivity index (χ2v) is 7.82. The van der Waals surface area contributed by atoms with E-state index in [1.54, 1.807) is 12.1 Å². The maximum atomic E-state index is 12.8. The summed E-state index contributed by atoms with van der Waals surface area (Å²) in [5.74, 6) is 0.235. The number of nitrogens with zero attached hydrogens (tertiary/aromatic N) is 2. The number of aromatic nitrogens is 2. The van der Waals surface area contributed by atoms with Crippen molar-refractivity contribution in [1.29, 1.82) is 0 Å². The third kappa shape index (κ3) is 9.69. The SMILES string of the molecule is CCCCC(CNCCC)Cn1cc(CO)c(C(F)(F)F)n1.Clc1ccccc1Cl. The molecule has 1 heterocycles. The molecule has 1 aromatic carbocycles. The lowest BCUT2D eigenvalue weighted by atomic mass is 10.0. The number of unbranched alkanes of at least 4 members (excludes halogenated alkanes) is 1. The van der Waals surface area contributed by atoms with Crippen LogP contribution in [0.3, 0.4) is 0 Å². The van der Waals surface area contributed by atoms with Crippen molar-refractivity contribution in [1.82, 2.24) is 15.1 Å². The number of hydrogen-bond acceptors (Lipinski definition) is 3. The highest BCUT2D eigenvalue weighted by atomic mass is 35.5. The van der Waals surface area contributed by atoms with E-state index in [2.05, 4.69) is 24.3 Å². The summed E-state index contributed by atoms with van der Waals surface area (Å²) in [5.41, 5.74) is -1.14. The van der Waals surface area contributed by atoms with Gasteiger partial charge in [0.05, 0.1) is 16.7 Å². The van der Waals surface area contributed by atoms with Gasteiger partial charge < -0.3 is 10.4 Å². The maximum absolute atomic E-state index is 12.8. The molecule has 0 fully saturated rings. The number of benzene rings is 1. The number of alkyl halides is 3. The largest absolute Gasteiger partial charge is 0.435 e. The van der Waals surface area contributed by atoms with Crippen molar-refractivity contribution < 1.29 is 18.3 Å². The molecule has 0 aliphatic rings. The van der Waals surface area contributed by atoms with Crippen LogP contribution in [0.2, 0.25) is 10.0 Å². The zero-order valence-corrected chi connectivity index (χ0v) is 18.9. The summed E-state index contributed by atoms with van der Waals surface area (Å²) in [6.07, 6.45) is 0.847. The zero-order valence-electron chi connectivity index (χ0n) is 17.4. The average Bonchev–Trinajstić information content (AvgIpc) is 3.12. The normalized spacial score (nSPS) is 12.4. The van der Waals surface area contributed by atoms with Crippen molar-refractivity contribution in [3.8, 4) is 0 Å². The van der Waals surface area contributed by atoms with Crippen LogP contribution in [-0.4, -0.2) is 28.0 Å². The molecule has 0 aliphatic heterocycles. The topological polar surface area (TPSA) is 50.1 Å². The fourth-order valence-electron chi connectivity index (χ4n) is 2.85. The summed E-state index contributed by atoms with van der Waals surface area (Å²) in [5, 5.41) is 17.2. The van der Waals surface area contributed by atoms with E-state index in [-0.39, 0.29) is 11.5 Å². The Morgan fingerprint density at radius 2 is 1.77 bits per heavy atom. The maximum Gasteiger partial charge on any atom is 0.435 e. The van der Waals surface area contributed by atoms with Gasteiger partial charge in [-0.3, -0.25) is 4.68 Å². The molecule has 0 amide bonds. The second kappa shape index (κ2) is 13.9. The molecule has 170 valence electrons. The van der Waals surface area contributed by atoms with Gasteiger partial charge in [-0.1, -0.05) is 62.0 Å². The Labute approximate surface area is 186 Å². The third-order valence-corrected chi connectivity index (χ3v) is 5.13. The molecule has 2 N–H and O–H groups in total. The summed E-state index contributed by atoms with van der Waals surface area (Å²) >= 11 is 11.2. The van der Waals surface area contributed by atoms with Gasteiger partial charge in [-0.05, 0) is 44.0 Å². The van der Waals surface area contributed by atoms with Gasteiger partial charge in [0.1, 0.15) is 0 Å². The molecule has 30 heavy (non-hydrogen) atoms. The van der Waals surface area contributed by atoms with Crippen LogP contribution in [-0.2, 0) is 19.3 Å². The molecular formula is C21H30Cl2F3N3O. The number of nitrogens with one attached hydrogen (secondary N) is 1. The average molecular weight is 468 g/mol. The highest BCUT2D eigenvalue weighted by Gasteiger charge is 2.37. The zero-order chi connectivity index (χ0) is 22.6. The van der Waals surface area contributed by atoms with Crippen LogP contribution in [0.15, 0.2) is 30.5 Å². The predicted molar refractivity (Wildman–Crippen MR) is 116 cm³/mol. The minimum Gasteiger partial charge on any atom is -0.392 e. The lowest BCUT2D eigenvalue weighted by Gasteiger charge is -2.17. The van der Waals surface area contributed by atoms with Crippen LogP contribution in [0.1, 0.15) is 50.8 Å². The molecule has 0 spiro atoms. The van der Waals surface area contributed by atoms with Crippen LogP contribution in [0.25, 0.3) is 0 Å². The third-order valence-electron chi connectivity index (χ3n) is 4.37. The van der Waals surface area contributed by atoms with E-state index in [9.17, 15) is 13.2 Å². The molecule has 9 heteroatoms. The summed E-state index contributed by atoms with van der Waals surface area (Å²) in [6, 6.07) is 7.19. The van der Waals surface area contributed by atoms with Crippen LogP contribution < -0.4 is 5.32 Å². The predicted octanol–water partition coefficient (Wildman–Crippen LogP) is 6.19. The van der Waals surface area contributed by atoms with Gasteiger partial charge in [-0.15, -0.1) is 0 Å². The fourth-order valence-corrected chi connectivity index (χ4v) is 3.12. The minimum absolute atomic E-state index is 0.164. The number of rotatable bonds is 10. The Balaban J connectivity index is 0.000000467. The first kappa shape index (κ1) is 26.8. The van der Waals surface area contributed by atoms with E-state index >= 15 is 0 Å². The summed E-state index contributed by atoms with van der Waals surface area (Å²) < 4.78 is 39.8. The molecule has 0 radical (unpaired) electrons. The van der Waals surface area contributed by atoms with Crippen LogP contribution in [0.5, 0.6) is 0 Å². The van der Waals surface area contributed by atoms with E-state index in [1.165, 1.54) is 10.9 Å². The van der Waals surface area contributed by atoms with Gasteiger partial charge in [0.2, 0.25) is 0 Å². The minimum atomic E-state index is -4.53. The highest BCUT2D eigenvalue weighted by Crippen LogP contribution is 2.31. The van der Waals surface area contributed by atoms with Gasteiger partial charge in [0, 0.05) is 18.3 Å². The van der Waals surface area contributed by atoms with Crippen LogP contribution in [0, 0.1) is 5.92 Å². The Hall–Kier alpha value is -1.28. The van der Waals surface area contributed by atoms with Crippen molar-refractivity contribution in [2.24, 2.45) is 5.92 Å². The molecule has 4 nitrogen and oxygen atoms in total. The Morgan fingerprint density at radius 1 is 1.13 bits per heavy atom. The smallest absolute Gasteiger partial charge is 0.392 e. The Morgan fingerprint density at radius 3 is 2.20 bits per heavy atom. The summed E-state index contributed by atoms with van der Waals surface area (Å²) in [6.45, 7) is 5.62. The van der Waals surface area contributed by atoms with E-state index in [4.69, 9.17) is 28.3 Å². The molecule has 0 aliphatic carbocycles. The van der Waals surface area contributed by atoms with E-state index < -0.39 is 18.5 Å². The van der Waals surface area contributed by atoms with E-state index in [0.29, 0.717) is 16.6 Å². The van der Waals surface area contributed by atoms with Crippen molar-refractivity contribution in [3.05, 3.63) is 51.8 Å². The molecule has 1 aromatic heterocycles. The standard InChI is InChI=1S/C15H26F3N3O.C6H4Cl2/c1-3-5-6-12(8-19-7-4-2)9-21-10-13(11-22)14(20-21)15(16,17)18;7-5-3-1-2-4-6(5)8/h10,12,19,22H,3-9,11H2,1-2H3;1-4H. The first-order valence-electron chi connectivity index (χ1n) is 10.1. The van der Waals surface area contributed by atoms with Gasteiger partial charge in [-0.2, -0.15) is 18.3 Å². The monoisotopic (exact) mass is 467 g/mol. The Bertz CT molecular complexity index is 718. The number of halogens is 5. The molecule has 2 rings (SSSR count). The van der Waals surface area contributed by atoms with Crippen molar-refractivity contribution in [2.45, 2.75) is 58.9 Å². The molecule has 0 saturated carbocycles. The first-order valence-corrected chi connectivity index (χ1v) is 10.8. The molecule has 2 aromatic rings.